The molecule has 2 amide bonds. The van der Waals surface area contributed by atoms with E-state index in [1.807, 2.05) is 0 Å². The summed E-state index contributed by atoms with van der Waals surface area (Å²) in [5, 5.41) is 20.5. The van der Waals surface area contributed by atoms with Crippen LogP contribution < -0.4 is 5.32 Å². The number of nitrogens with zero attached hydrogens (tertiary/aromatic N) is 1. The second-order valence-electron chi connectivity index (χ2n) is 4.57. The van der Waals surface area contributed by atoms with E-state index >= 15 is 0 Å². The van der Waals surface area contributed by atoms with Crippen LogP contribution in [0.2, 0.25) is 0 Å². The Kier molecular flexibility index (Phi) is 6.57. The van der Waals surface area contributed by atoms with Crippen molar-refractivity contribution in [1.82, 2.24) is 10.2 Å². The first-order valence-corrected chi connectivity index (χ1v) is 5.68. The lowest BCUT2D eigenvalue weighted by atomic mass is 10.1. The number of hydrogen-bond donors (Lipinski definition) is 3. The predicted octanol–water partition coefficient (Wildman–Crippen LogP) is 0.508. The lowest BCUT2D eigenvalue weighted by Gasteiger charge is -2.23. The van der Waals surface area contributed by atoms with Crippen LogP contribution in [0.4, 0.5) is 4.79 Å². The summed E-state index contributed by atoms with van der Waals surface area (Å²) < 4.78 is 0. The molecule has 0 aliphatic heterocycles. The molecule has 0 rings (SSSR count). The molecule has 0 fully saturated rings. The highest BCUT2D eigenvalue weighted by Crippen LogP contribution is 2.03. The van der Waals surface area contributed by atoms with E-state index in [0.29, 0.717) is 13.0 Å². The predicted molar refractivity (Wildman–Crippen MR) is 63.7 cm³/mol. The van der Waals surface area contributed by atoms with Crippen molar-refractivity contribution in [3.63, 3.8) is 0 Å². The van der Waals surface area contributed by atoms with Gasteiger partial charge in [-0.3, -0.25) is 0 Å². The maximum absolute atomic E-state index is 11.6. The highest BCUT2D eigenvalue weighted by molar-refractivity contribution is 5.82. The monoisotopic (exact) mass is 246 g/mol. The average Bonchev–Trinajstić information content (AvgIpc) is 2.20. The normalized spacial score (nSPS) is 14.2. The molecule has 100 valence electrons. The largest absolute Gasteiger partial charge is 0.480 e. The number of urea groups is 1. The molecule has 3 N–H and O–H groups in total. The van der Waals surface area contributed by atoms with Gasteiger partial charge in [0.05, 0.1) is 6.10 Å². The maximum atomic E-state index is 11.6. The summed E-state index contributed by atoms with van der Waals surface area (Å²) in [7, 11) is 1.57. The van der Waals surface area contributed by atoms with Crippen molar-refractivity contribution in [2.24, 2.45) is 5.92 Å². The molecule has 0 bridgehead atoms. The average molecular weight is 246 g/mol. The first-order chi connectivity index (χ1) is 7.75. The molecule has 0 aromatic carbocycles. The standard InChI is InChI=1S/C11H22N2O4/c1-7(2)9(10(15)16)12-11(17)13(4)6-5-8(3)14/h7-9,14H,5-6H2,1-4H3,(H,12,17)(H,15,16)/t8?,9-/m0/s1. The molecule has 0 aliphatic carbocycles. The number of aliphatic carboxylic acids is 1. The van der Waals surface area contributed by atoms with Crippen molar-refractivity contribution in [2.75, 3.05) is 13.6 Å². The van der Waals surface area contributed by atoms with E-state index in [-0.39, 0.29) is 5.92 Å². The fourth-order valence-electron chi connectivity index (χ4n) is 1.24. The van der Waals surface area contributed by atoms with Crippen LogP contribution in [0.1, 0.15) is 27.2 Å². The van der Waals surface area contributed by atoms with Crippen LogP contribution >= 0.6 is 0 Å². The fourth-order valence-corrected chi connectivity index (χ4v) is 1.24. The van der Waals surface area contributed by atoms with Gasteiger partial charge in [-0.2, -0.15) is 0 Å². The molecule has 0 aliphatic rings. The summed E-state index contributed by atoms with van der Waals surface area (Å²) in [5.74, 6) is -1.22. The van der Waals surface area contributed by atoms with Crippen LogP contribution in [0.3, 0.4) is 0 Å². The highest BCUT2D eigenvalue weighted by atomic mass is 16.4. The van der Waals surface area contributed by atoms with E-state index in [2.05, 4.69) is 5.32 Å². The first kappa shape index (κ1) is 15.7. The van der Waals surface area contributed by atoms with Crippen LogP contribution in [-0.2, 0) is 4.79 Å². The van der Waals surface area contributed by atoms with E-state index in [0.717, 1.165) is 0 Å². The quantitative estimate of drug-likeness (QED) is 0.637. The molecular weight excluding hydrogens is 224 g/mol. The zero-order valence-electron chi connectivity index (χ0n) is 10.8. The van der Waals surface area contributed by atoms with Gasteiger partial charge in [0.25, 0.3) is 0 Å². The second-order valence-corrected chi connectivity index (χ2v) is 4.57. The second kappa shape index (κ2) is 7.11. The zero-order chi connectivity index (χ0) is 13.6. The summed E-state index contributed by atoms with van der Waals surface area (Å²) >= 11 is 0. The van der Waals surface area contributed by atoms with Crippen LogP contribution in [0.5, 0.6) is 0 Å². The molecule has 0 saturated carbocycles. The van der Waals surface area contributed by atoms with E-state index in [9.17, 15) is 9.59 Å². The molecular formula is C11H22N2O4. The van der Waals surface area contributed by atoms with Crippen molar-refractivity contribution in [2.45, 2.75) is 39.3 Å². The molecule has 0 aromatic heterocycles. The van der Waals surface area contributed by atoms with E-state index in [4.69, 9.17) is 10.2 Å². The van der Waals surface area contributed by atoms with Crippen molar-refractivity contribution in [3.05, 3.63) is 0 Å². The number of amides is 2. The van der Waals surface area contributed by atoms with Gasteiger partial charge in [0.15, 0.2) is 0 Å². The van der Waals surface area contributed by atoms with E-state index < -0.39 is 24.1 Å². The number of nitrogens with one attached hydrogen (secondary N) is 1. The SMILES string of the molecule is CC(O)CCN(C)C(=O)N[C@H](C(=O)O)C(C)C. The number of carboxylic acid groups (broad SMARTS) is 1. The third-order valence-electron chi connectivity index (χ3n) is 2.44. The van der Waals surface area contributed by atoms with Gasteiger partial charge in [-0.15, -0.1) is 0 Å². The molecule has 6 nitrogen and oxygen atoms in total. The van der Waals surface area contributed by atoms with Gasteiger partial charge < -0.3 is 20.4 Å². The van der Waals surface area contributed by atoms with Gasteiger partial charge in [0.2, 0.25) is 0 Å². The van der Waals surface area contributed by atoms with Gasteiger partial charge in [-0.1, -0.05) is 13.8 Å². The topological polar surface area (TPSA) is 89.9 Å². The third-order valence-corrected chi connectivity index (χ3v) is 2.44. The highest BCUT2D eigenvalue weighted by Gasteiger charge is 2.24. The fraction of sp³-hybridized carbons (Fsp3) is 0.818. The number of rotatable bonds is 6. The Hall–Kier alpha value is -1.30. The molecule has 0 heterocycles. The van der Waals surface area contributed by atoms with Crippen LogP contribution in [0, 0.1) is 5.92 Å². The van der Waals surface area contributed by atoms with Gasteiger partial charge in [-0.05, 0) is 19.3 Å². The number of carboxylic acids is 1. The number of aliphatic hydroxyl groups excluding tert-OH is 1. The number of hydrogen-bond acceptors (Lipinski definition) is 3. The lowest BCUT2D eigenvalue weighted by Crippen LogP contribution is -2.49. The zero-order valence-corrected chi connectivity index (χ0v) is 10.8. The Balaban J connectivity index is 4.26. The van der Waals surface area contributed by atoms with E-state index in [1.165, 1.54) is 4.90 Å². The Morgan fingerprint density at radius 2 is 1.82 bits per heavy atom. The van der Waals surface area contributed by atoms with E-state index in [1.54, 1.807) is 27.8 Å². The molecule has 17 heavy (non-hydrogen) atoms. The summed E-state index contributed by atoms with van der Waals surface area (Å²) in [6.07, 6.45) is -0.0193. The third kappa shape index (κ3) is 6.11. The minimum atomic E-state index is -1.04. The lowest BCUT2D eigenvalue weighted by molar-refractivity contribution is -0.140. The number of carbonyl (C=O) groups is 2. The molecule has 1 unspecified atom stereocenters. The minimum Gasteiger partial charge on any atom is -0.480 e. The van der Waals surface area contributed by atoms with Crippen molar-refractivity contribution < 1.29 is 19.8 Å². The summed E-state index contributed by atoms with van der Waals surface area (Å²) in [5.41, 5.74) is 0. The number of aliphatic hydroxyl groups is 1. The Bertz CT molecular complexity index is 266. The Morgan fingerprint density at radius 3 is 2.18 bits per heavy atom. The van der Waals surface area contributed by atoms with Crippen molar-refractivity contribution in [1.29, 1.82) is 0 Å². The van der Waals surface area contributed by atoms with Crippen molar-refractivity contribution in [3.8, 4) is 0 Å². The van der Waals surface area contributed by atoms with Crippen LogP contribution in [0.15, 0.2) is 0 Å². The molecule has 0 radical (unpaired) electrons. The minimum absolute atomic E-state index is 0.179. The van der Waals surface area contributed by atoms with Gasteiger partial charge >= 0.3 is 12.0 Å². The summed E-state index contributed by atoms with van der Waals surface area (Å²) in [6, 6.07) is -1.33. The maximum Gasteiger partial charge on any atom is 0.326 e. The summed E-state index contributed by atoms with van der Waals surface area (Å²) in [4.78, 5) is 23.9. The Morgan fingerprint density at radius 1 is 1.29 bits per heavy atom. The van der Waals surface area contributed by atoms with Gasteiger partial charge in [-0.25, -0.2) is 9.59 Å². The smallest absolute Gasteiger partial charge is 0.326 e. The van der Waals surface area contributed by atoms with Gasteiger partial charge in [0, 0.05) is 13.6 Å². The molecule has 0 aromatic rings. The van der Waals surface area contributed by atoms with Crippen molar-refractivity contribution >= 4 is 12.0 Å². The summed E-state index contributed by atoms with van der Waals surface area (Å²) in [6.45, 7) is 5.48. The first-order valence-electron chi connectivity index (χ1n) is 5.68. The van der Waals surface area contributed by atoms with Crippen LogP contribution in [0.25, 0.3) is 0 Å². The molecule has 0 saturated heterocycles. The van der Waals surface area contributed by atoms with Crippen LogP contribution in [-0.4, -0.2) is 52.9 Å². The van der Waals surface area contributed by atoms with Gasteiger partial charge in [0.1, 0.15) is 6.04 Å². The Labute approximate surface area is 102 Å². The number of carbonyl (C=O) groups excluding carboxylic acids is 1. The molecule has 6 heteroatoms. The molecule has 2 atom stereocenters. The molecule has 0 spiro atoms.